The number of hydrogen-bond donors (Lipinski definition) is 0. The lowest BCUT2D eigenvalue weighted by Crippen LogP contribution is -2.34. The Morgan fingerprint density at radius 1 is 0.278 bits per heavy atom. The van der Waals surface area contributed by atoms with E-state index in [1.54, 1.807) is 0 Å². The highest BCUT2D eigenvalue weighted by Gasteiger charge is 2.38. The van der Waals surface area contributed by atoms with Crippen molar-refractivity contribution in [2.45, 2.75) is 39.0 Å². The fourth-order valence-electron chi connectivity index (χ4n) is 9.84. The summed E-state index contributed by atoms with van der Waals surface area (Å²) in [7, 11) is 0. The van der Waals surface area contributed by atoms with Crippen LogP contribution in [0.2, 0.25) is 0 Å². The summed E-state index contributed by atoms with van der Waals surface area (Å²) in [6.07, 6.45) is 30.2. The highest BCUT2D eigenvalue weighted by molar-refractivity contribution is 5.98. The van der Waals surface area contributed by atoms with Gasteiger partial charge in [-0.25, -0.2) is 18.3 Å². The van der Waals surface area contributed by atoms with Crippen molar-refractivity contribution in [3.8, 4) is 0 Å². The first-order valence-electron chi connectivity index (χ1n) is 19.7. The summed E-state index contributed by atoms with van der Waals surface area (Å²) < 4.78 is 9.21. The number of fused-ring (bicyclic) bond motifs is 4. The molecule has 0 fully saturated rings. The van der Waals surface area contributed by atoms with E-state index in [2.05, 4.69) is 189 Å². The molecule has 4 aromatic heterocycles. The third kappa shape index (κ3) is 5.69. The molecule has 0 amide bonds. The van der Waals surface area contributed by atoms with Gasteiger partial charge in [0.25, 0.3) is 0 Å². The van der Waals surface area contributed by atoms with Crippen LogP contribution in [-0.4, -0.2) is 0 Å². The molecule has 20 rings (SSSR count). The van der Waals surface area contributed by atoms with E-state index in [1.807, 2.05) is 0 Å². The van der Waals surface area contributed by atoms with E-state index >= 15 is 0 Å². The Morgan fingerprint density at radius 3 is 0.685 bits per heavy atom. The lowest BCUT2D eigenvalue weighted by atomic mass is 9.88. The number of hydrogen-bond acceptors (Lipinski definition) is 0. The van der Waals surface area contributed by atoms with Gasteiger partial charge in [0.05, 0.1) is 0 Å². The third-order valence-electron chi connectivity index (χ3n) is 12.5. The first kappa shape index (κ1) is 31.5. The Bertz CT molecular complexity index is 2150. The van der Waals surface area contributed by atoms with Crippen molar-refractivity contribution in [1.82, 2.24) is 0 Å². The van der Waals surface area contributed by atoms with Crippen molar-refractivity contribution >= 4 is 22.3 Å². The molecule has 6 aromatic rings. The normalized spacial score (nSPS) is 22.1. The summed E-state index contributed by atoms with van der Waals surface area (Å²) >= 11 is 0. The SMILES string of the molecule is C1=CC2CC1C1=C2c2cc[n+](cc2)Cc2ccc(cc2)C[n+]2ccc(cc2)C2=C(c3cc[n+](cc3)Cc3ccc(cc3)C[n+]3ccc1cc3)C1C=CC2C1. The number of aromatic nitrogens is 4. The minimum atomic E-state index is 0.497. The van der Waals surface area contributed by atoms with Crippen LogP contribution in [-0.2, 0) is 26.2 Å². The van der Waals surface area contributed by atoms with Crippen molar-refractivity contribution < 1.29 is 18.3 Å². The quantitative estimate of drug-likeness (QED) is 0.115. The van der Waals surface area contributed by atoms with E-state index in [0.717, 1.165) is 26.2 Å². The predicted molar refractivity (Wildman–Crippen MR) is 211 cm³/mol. The average molecular weight is 701 g/mol. The third-order valence-corrected chi connectivity index (χ3v) is 12.5. The predicted octanol–water partition coefficient (Wildman–Crippen LogP) is 7.58. The molecule has 4 unspecified atom stereocenters. The molecule has 4 heteroatoms. The maximum absolute atomic E-state index is 2.43. The second kappa shape index (κ2) is 12.8. The highest BCUT2D eigenvalue weighted by Crippen LogP contribution is 2.53. The van der Waals surface area contributed by atoms with E-state index in [9.17, 15) is 0 Å². The summed E-state index contributed by atoms with van der Waals surface area (Å²) in [5.41, 5.74) is 16.6. The van der Waals surface area contributed by atoms with Gasteiger partial charge in [-0.05, 0) is 57.4 Å². The lowest BCUT2D eigenvalue weighted by molar-refractivity contribution is -0.689. The largest absolute Gasteiger partial charge is 0.201 e. The number of benzene rings is 2. The molecule has 0 N–H and O–H groups in total. The molecule has 260 valence electrons. The van der Waals surface area contributed by atoms with Gasteiger partial charge < -0.3 is 0 Å². The van der Waals surface area contributed by atoms with Crippen LogP contribution in [0.4, 0.5) is 0 Å². The molecule has 4 nitrogen and oxygen atoms in total. The van der Waals surface area contributed by atoms with Gasteiger partial charge in [0.2, 0.25) is 0 Å². The van der Waals surface area contributed by atoms with E-state index in [-0.39, 0.29) is 0 Å². The van der Waals surface area contributed by atoms with E-state index in [4.69, 9.17) is 0 Å². The van der Waals surface area contributed by atoms with Crippen LogP contribution in [0.3, 0.4) is 0 Å². The van der Waals surface area contributed by atoms with Gasteiger partial charge >= 0.3 is 0 Å². The van der Waals surface area contributed by atoms with Crippen molar-refractivity contribution in [2.75, 3.05) is 0 Å². The number of allylic oxidation sites excluding steroid dienone is 8. The van der Waals surface area contributed by atoms with Gasteiger partial charge in [0.1, 0.15) is 0 Å². The summed E-state index contributed by atoms with van der Waals surface area (Å²) in [6.45, 7) is 3.43. The van der Waals surface area contributed by atoms with Crippen molar-refractivity contribution in [3.05, 3.63) is 215 Å². The zero-order chi connectivity index (χ0) is 35.6. The molecule has 2 aromatic carbocycles. The Kier molecular flexibility index (Phi) is 7.50. The Hall–Kier alpha value is -6.00. The maximum Gasteiger partial charge on any atom is 0.173 e. The van der Waals surface area contributed by atoms with Crippen LogP contribution in [0.25, 0.3) is 22.3 Å². The zero-order valence-electron chi connectivity index (χ0n) is 30.5. The molecule has 10 aliphatic heterocycles. The summed E-state index contributed by atoms with van der Waals surface area (Å²) in [4.78, 5) is 0. The van der Waals surface area contributed by atoms with Crippen molar-refractivity contribution in [3.63, 3.8) is 0 Å². The Morgan fingerprint density at radius 2 is 0.481 bits per heavy atom. The molecule has 16 bridgehead atoms. The summed E-state index contributed by atoms with van der Waals surface area (Å²) in [5.74, 6) is 1.99. The standard InChI is InChI=1S/C50H44N4/c1-2-36-4-3-35(1)31-51-21-13-39(14-22-51)47-43-9-10-45(29-43)49(47)41-17-25-53(26-18-41)33-37-5-7-38(8-6-37)34-54-27-19-42(20-28-54)50-46-12-11-44(30-46)48(50)40-15-23-52(32-36)24-16-40/h1-28,43-46H,29-34H2/q+4. The van der Waals surface area contributed by atoms with Crippen LogP contribution in [0, 0.1) is 23.7 Å². The highest BCUT2D eigenvalue weighted by atomic mass is 14.9. The van der Waals surface area contributed by atoms with Gasteiger partial charge in [-0.1, -0.05) is 72.8 Å². The van der Waals surface area contributed by atoms with Crippen LogP contribution >= 0.6 is 0 Å². The van der Waals surface area contributed by atoms with E-state index in [0.29, 0.717) is 23.7 Å². The molecule has 0 saturated carbocycles. The number of rotatable bonds is 0. The van der Waals surface area contributed by atoms with Gasteiger partial charge in [-0.2, -0.15) is 0 Å². The molecule has 4 atom stereocenters. The Balaban J connectivity index is 0.935. The molecule has 0 spiro atoms. The van der Waals surface area contributed by atoms with Crippen molar-refractivity contribution in [2.24, 2.45) is 23.7 Å². The monoisotopic (exact) mass is 700 g/mol. The van der Waals surface area contributed by atoms with Crippen LogP contribution < -0.4 is 18.3 Å². The molecule has 54 heavy (non-hydrogen) atoms. The first-order chi connectivity index (χ1) is 26.7. The molecule has 0 saturated heterocycles. The zero-order valence-corrected chi connectivity index (χ0v) is 30.5. The second-order valence-corrected chi connectivity index (χ2v) is 16.0. The first-order valence-corrected chi connectivity index (χ1v) is 19.7. The molecule has 14 heterocycles. The minimum Gasteiger partial charge on any atom is -0.201 e. The van der Waals surface area contributed by atoms with Crippen LogP contribution in [0.5, 0.6) is 0 Å². The maximum atomic E-state index is 2.43. The van der Waals surface area contributed by atoms with Gasteiger partial charge in [-0.3, -0.25) is 0 Å². The van der Waals surface area contributed by atoms with Gasteiger partial charge in [0.15, 0.2) is 75.8 Å². The minimum absolute atomic E-state index is 0.497. The molecule has 0 radical (unpaired) electrons. The Labute approximate surface area is 317 Å². The second-order valence-electron chi connectivity index (χ2n) is 16.0. The fourth-order valence-corrected chi connectivity index (χ4v) is 9.84. The lowest BCUT2D eigenvalue weighted by Gasteiger charge is -2.16. The van der Waals surface area contributed by atoms with E-state index in [1.165, 1.54) is 79.6 Å². The average Bonchev–Trinajstić information content (AvgIpc) is 4.03. The number of nitrogens with zero attached hydrogens (tertiary/aromatic N) is 4. The summed E-state index contributed by atoms with van der Waals surface area (Å²) in [5, 5.41) is 0. The molecule has 4 aliphatic carbocycles. The number of pyridine rings is 4. The van der Waals surface area contributed by atoms with Crippen molar-refractivity contribution in [1.29, 1.82) is 0 Å². The molecular weight excluding hydrogens is 657 g/mol. The summed E-state index contributed by atoms with van der Waals surface area (Å²) in [6, 6.07) is 36.9. The van der Waals surface area contributed by atoms with E-state index < -0.39 is 0 Å². The van der Waals surface area contributed by atoms with Crippen LogP contribution in [0.1, 0.15) is 57.3 Å². The molecule has 14 aliphatic rings. The van der Waals surface area contributed by atoms with Gasteiger partial charge in [-0.15, -0.1) is 0 Å². The molecular formula is C50H44N4+4. The fraction of sp³-hybridized carbons (Fsp3) is 0.200. The smallest absolute Gasteiger partial charge is 0.173 e. The van der Waals surface area contributed by atoms with Gasteiger partial charge in [0, 0.05) is 94.5 Å². The van der Waals surface area contributed by atoms with Crippen LogP contribution in [0.15, 0.2) is 171 Å². The topological polar surface area (TPSA) is 15.5 Å².